The normalized spacial score (nSPS) is 11.0. The Kier molecular flexibility index (Phi) is 5.48. The van der Waals surface area contributed by atoms with E-state index in [0.29, 0.717) is 5.69 Å². The maximum atomic E-state index is 12.3. The van der Waals surface area contributed by atoms with Crippen LogP contribution in [-0.4, -0.2) is 28.3 Å². The third-order valence-electron chi connectivity index (χ3n) is 3.80. The second-order valence-electron chi connectivity index (χ2n) is 5.74. The Labute approximate surface area is 162 Å². The lowest BCUT2D eigenvalue weighted by Crippen LogP contribution is -2.17. The molecule has 8 nitrogen and oxygen atoms in total. The number of halogens is 3. The smallest absolute Gasteiger partial charge is 0.406 e. The second-order valence-corrected chi connectivity index (χ2v) is 5.74. The summed E-state index contributed by atoms with van der Waals surface area (Å²) in [6.45, 7) is 0. The first-order chi connectivity index (χ1) is 13.7. The van der Waals surface area contributed by atoms with E-state index in [2.05, 4.69) is 20.0 Å². The summed E-state index contributed by atoms with van der Waals surface area (Å²) in [7, 11) is 1.62. The van der Waals surface area contributed by atoms with Gasteiger partial charge in [-0.3, -0.25) is 10.1 Å². The van der Waals surface area contributed by atoms with Crippen molar-refractivity contribution in [2.24, 2.45) is 0 Å². The lowest BCUT2D eigenvalue weighted by molar-refractivity contribution is -0.383. The van der Waals surface area contributed by atoms with Crippen LogP contribution in [0.4, 0.5) is 41.9 Å². The maximum Gasteiger partial charge on any atom is 0.573 e. The molecule has 29 heavy (non-hydrogen) atoms. The van der Waals surface area contributed by atoms with Crippen LogP contribution in [0.1, 0.15) is 0 Å². The quantitative estimate of drug-likeness (QED) is 0.465. The van der Waals surface area contributed by atoms with Crippen LogP contribution in [0.15, 0.2) is 60.9 Å². The number of nitrogens with one attached hydrogen (secondary N) is 1. The molecule has 150 valence electrons. The Hall–Kier alpha value is -3.89. The van der Waals surface area contributed by atoms with Gasteiger partial charge in [0, 0.05) is 18.4 Å². The average Bonchev–Trinajstić information content (AvgIpc) is 2.68. The molecule has 0 saturated carbocycles. The van der Waals surface area contributed by atoms with Crippen LogP contribution in [0, 0.1) is 10.1 Å². The number of para-hydroxylation sites is 1. The van der Waals surface area contributed by atoms with Crippen molar-refractivity contribution in [3.63, 3.8) is 0 Å². The molecule has 0 fully saturated rings. The number of aromatic nitrogens is 2. The minimum Gasteiger partial charge on any atom is -0.406 e. The number of benzene rings is 2. The van der Waals surface area contributed by atoms with Gasteiger partial charge in [0.2, 0.25) is 11.6 Å². The summed E-state index contributed by atoms with van der Waals surface area (Å²) in [4.78, 5) is 20.5. The van der Waals surface area contributed by atoms with E-state index >= 15 is 0 Å². The van der Waals surface area contributed by atoms with Crippen molar-refractivity contribution in [1.29, 1.82) is 0 Å². The molecule has 0 aliphatic carbocycles. The summed E-state index contributed by atoms with van der Waals surface area (Å²) in [5.74, 6) is -0.465. The van der Waals surface area contributed by atoms with Crippen LogP contribution in [0.3, 0.4) is 0 Å². The Morgan fingerprint density at radius 2 is 1.72 bits per heavy atom. The van der Waals surface area contributed by atoms with E-state index in [1.807, 2.05) is 6.07 Å². The largest absolute Gasteiger partial charge is 0.573 e. The van der Waals surface area contributed by atoms with Crippen LogP contribution in [0.5, 0.6) is 5.75 Å². The third-order valence-corrected chi connectivity index (χ3v) is 3.80. The summed E-state index contributed by atoms with van der Waals surface area (Å²) >= 11 is 0. The predicted molar refractivity (Wildman–Crippen MR) is 99.6 cm³/mol. The van der Waals surface area contributed by atoms with Gasteiger partial charge in [-0.1, -0.05) is 18.2 Å². The summed E-state index contributed by atoms with van der Waals surface area (Å²) in [6.07, 6.45) is -3.65. The van der Waals surface area contributed by atoms with Crippen molar-refractivity contribution >= 4 is 28.7 Å². The highest BCUT2D eigenvalue weighted by Gasteiger charge is 2.31. The van der Waals surface area contributed by atoms with E-state index in [-0.39, 0.29) is 23.0 Å². The maximum absolute atomic E-state index is 12.3. The number of nitro groups is 1. The minimum absolute atomic E-state index is 0.0516. The predicted octanol–water partition coefficient (Wildman–Crippen LogP) is 4.79. The lowest BCUT2D eigenvalue weighted by atomic mass is 10.2. The zero-order valence-electron chi connectivity index (χ0n) is 14.9. The van der Waals surface area contributed by atoms with Gasteiger partial charge in [-0.15, -0.1) is 13.2 Å². The van der Waals surface area contributed by atoms with E-state index in [0.717, 1.165) is 18.5 Å². The summed E-state index contributed by atoms with van der Waals surface area (Å²) in [6, 6.07) is 13.6. The molecular weight excluding hydrogens is 391 g/mol. The van der Waals surface area contributed by atoms with Gasteiger partial charge >= 0.3 is 12.0 Å². The molecule has 0 unspecified atom stereocenters. The van der Waals surface area contributed by atoms with Gasteiger partial charge in [0.25, 0.3) is 0 Å². The molecule has 2 aromatic carbocycles. The number of nitrogens with zero attached hydrogens (tertiary/aromatic N) is 4. The minimum atomic E-state index is -4.81. The van der Waals surface area contributed by atoms with Crippen molar-refractivity contribution < 1.29 is 22.8 Å². The van der Waals surface area contributed by atoms with Gasteiger partial charge in [0.15, 0.2) is 0 Å². The number of alkyl halides is 3. The third kappa shape index (κ3) is 4.89. The number of ether oxygens (including phenoxy) is 1. The monoisotopic (exact) mass is 405 g/mol. The molecule has 0 bridgehead atoms. The molecule has 0 amide bonds. The fraction of sp³-hybridized carbons (Fsp3) is 0.111. The highest BCUT2D eigenvalue weighted by Crippen LogP contribution is 2.36. The van der Waals surface area contributed by atoms with Crippen LogP contribution in [-0.2, 0) is 0 Å². The highest BCUT2D eigenvalue weighted by atomic mass is 19.4. The van der Waals surface area contributed by atoms with Crippen molar-refractivity contribution in [3.05, 3.63) is 71.0 Å². The summed E-state index contributed by atoms with van der Waals surface area (Å²) < 4.78 is 40.6. The molecule has 0 aliphatic rings. The second kappa shape index (κ2) is 8.00. The van der Waals surface area contributed by atoms with E-state index in [9.17, 15) is 23.3 Å². The molecule has 11 heteroatoms. The molecule has 0 spiro atoms. The molecule has 3 aromatic rings. The van der Waals surface area contributed by atoms with Crippen LogP contribution in [0.25, 0.3) is 0 Å². The van der Waals surface area contributed by atoms with E-state index in [4.69, 9.17) is 0 Å². The van der Waals surface area contributed by atoms with E-state index in [1.165, 1.54) is 17.0 Å². The lowest BCUT2D eigenvalue weighted by Gasteiger charge is -2.19. The first kappa shape index (κ1) is 19.9. The standard InChI is InChI=1S/C18H14F3N5O3/c1-25(13-5-3-2-4-6-13)17-15(26(27)28)16(22-11-23-17)24-12-7-9-14(10-8-12)29-18(19,20)21/h2-11H,1H3,(H,22,23,24). The SMILES string of the molecule is CN(c1ccccc1)c1ncnc(Nc2ccc(OC(F)(F)F)cc2)c1[N+](=O)[O-]. The highest BCUT2D eigenvalue weighted by molar-refractivity contribution is 5.77. The fourth-order valence-electron chi connectivity index (χ4n) is 2.53. The van der Waals surface area contributed by atoms with Gasteiger partial charge < -0.3 is 15.0 Å². The van der Waals surface area contributed by atoms with Crippen molar-refractivity contribution in [1.82, 2.24) is 9.97 Å². The van der Waals surface area contributed by atoms with Crippen molar-refractivity contribution in [2.75, 3.05) is 17.3 Å². The number of hydrogen-bond donors (Lipinski definition) is 1. The molecule has 1 aromatic heterocycles. The van der Waals surface area contributed by atoms with Crippen molar-refractivity contribution in [3.8, 4) is 5.75 Å². The molecule has 1 N–H and O–H groups in total. The molecule has 0 atom stereocenters. The first-order valence-corrected chi connectivity index (χ1v) is 8.15. The van der Waals surface area contributed by atoms with Crippen molar-refractivity contribution in [2.45, 2.75) is 6.36 Å². The number of anilines is 4. The Morgan fingerprint density at radius 3 is 2.31 bits per heavy atom. The van der Waals surface area contributed by atoms with Gasteiger partial charge in [0.05, 0.1) is 4.92 Å². The number of rotatable bonds is 6. The van der Waals surface area contributed by atoms with Crippen LogP contribution >= 0.6 is 0 Å². The number of hydrogen-bond acceptors (Lipinski definition) is 7. The molecule has 0 radical (unpaired) electrons. The van der Waals surface area contributed by atoms with Crippen LogP contribution < -0.4 is 15.0 Å². The summed E-state index contributed by atoms with van der Waals surface area (Å²) in [5, 5.41) is 14.4. The van der Waals surface area contributed by atoms with E-state index < -0.39 is 17.0 Å². The average molecular weight is 405 g/mol. The molecule has 1 heterocycles. The van der Waals surface area contributed by atoms with Gasteiger partial charge in [0.1, 0.15) is 12.1 Å². The van der Waals surface area contributed by atoms with E-state index in [1.54, 1.807) is 31.3 Å². The Morgan fingerprint density at radius 1 is 1.07 bits per heavy atom. The molecule has 3 rings (SSSR count). The zero-order valence-corrected chi connectivity index (χ0v) is 14.9. The topological polar surface area (TPSA) is 93.4 Å². The molecule has 0 aliphatic heterocycles. The first-order valence-electron chi connectivity index (χ1n) is 8.15. The summed E-state index contributed by atoms with van der Waals surface area (Å²) in [5.41, 5.74) is 0.581. The van der Waals surface area contributed by atoms with Gasteiger partial charge in [-0.2, -0.15) is 0 Å². The van der Waals surface area contributed by atoms with Gasteiger partial charge in [-0.05, 0) is 36.4 Å². The fourth-order valence-corrected chi connectivity index (χ4v) is 2.53. The zero-order chi connectivity index (χ0) is 21.0. The molecular formula is C18H14F3N5O3. The Bertz CT molecular complexity index is 998. The van der Waals surface area contributed by atoms with Gasteiger partial charge in [-0.25, -0.2) is 9.97 Å². The van der Waals surface area contributed by atoms with Crippen LogP contribution in [0.2, 0.25) is 0 Å². The molecule has 0 saturated heterocycles. The Balaban J connectivity index is 1.91.